The van der Waals surface area contributed by atoms with Crippen LogP contribution in [0.4, 0.5) is 13.2 Å². The zero-order valence-corrected chi connectivity index (χ0v) is 16.3. The number of rotatable bonds is 4. The molecular formula is C20H23F3N6O. The number of nitrogens with zero attached hydrogens (tertiary/aromatic N) is 3. The van der Waals surface area contributed by atoms with Gasteiger partial charge < -0.3 is 15.8 Å². The van der Waals surface area contributed by atoms with Crippen LogP contribution in [0.3, 0.4) is 0 Å². The number of hydrogen-bond acceptors (Lipinski definition) is 7. The summed E-state index contributed by atoms with van der Waals surface area (Å²) in [4.78, 5) is 8.29. The van der Waals surface area contributed by atoms with Gasteiger partial charge in [0.2, 0.25) is 0 Å². The smallest absolute Gasteiger partial charge is 0.385 e. The van der Waals surface area contributed by atoms with Crippen molar-refractivity contribution in [2.24, 2.45) is 0 Å². The molecule has 160 valence electrons. The van der Waals surface area contributed by atoms with Crippen LogP contribution in [0.25, 0.3) is 0 Å². The molecule has 0 radical (unpaired) electrons. The standard InChI is InChI=1S/C20H23F3N6O/c1-13-8-19(30,14-2-4-15(5-3-14)20(21,22)23)9-17(26-13)18-12-29(28-27-18)11-16-10-24-6-7-25-16/h2-7,10,12-13,17,26-28,30H,8-9,11H2,1H3/t13-,17-,19?/m0/s1. The third-order valence-electron chi connectivity index (χ3n) is 5.38. The van der Waals surface area contributed by atoms with Gasteiger partial charge in [0.05, 0.1) is 41.3 Å². The molecule has 1 aromatic carbocycles. The molecule has 4 N–H and O–H groups in total. The van der Waals surface area contributed by atoms with Gasteiger partial charge in [0.1, 0.15) is 0 Å². The first-order valence-electron chi connectivity index (χ1n) is 9.64. The van der Waals surface area contributed by atoms with Crippen molar-refractivity contribution in [2.75, 3.05) is 0 Å². The first-order valence-corrected chi connectivity index (χ1v) is 9.64. The van der Waals surface area contributed by atoms with Crippen LogP contribution in [0.15, 0.2) is 54.8 Å². The highest BCUT2D eigenvalue weighted by atomic mass is 19.4. The fraction of sp³-hybridized carbons (Fsp3) is 0.400. The number of aliphatic hydroxyl groups is 1. The molecule has 2 aliphatic heterocycles. The molecule has 2 aromatic rings. The van der Waals surface area contributed by atoms with Gasteiger partial charge in [-0.25, -0.2) is 0 Å². The summed E-state index contributed by atoms with van der Waals surface area (Å²) >= 11 is 0. The average Bonchev–Trinajstić information content (AvgIpc) is 3.16. The summed E-state index contributed by atoms with van der Waals surface area (Å²) in [5.41, 5.74) is 6.28. The second kappa shape index (κ2) is 7.86. The fourth-order valence-corrected chi connectivity index (χ4v) is 4.01. The van der Waals surface area contributed by atoms with E-state index >= 15 is 0 Å². The van der Waals surface area contributed by atoms with Crippen LogP contribution in [0.1, 0.15) is 36.6 Å². The zero-order chi connectivity index (χ0) is 21.4. The van der Waals surface area contributed by atoms with Crippen LogP contribution >= 0.6 is 0 Å². The average molecular weight is 420 g/mol. The molecule has 1 saturated heterocycles. The summed E-state index contributed by atoms with van der Waals surface area (Å²) in [6, 6.07) is 4.53. The molecule has 3 heterocycles. The fourth-order valence-electron chi connectivity index (χ4n) is 4.01. The van der Waals surface area contributed by atoms with Gasteiger partial charge in [0.15, 0.2) is 0 Å². The maximum absolute atomic E-state index is 12.9. The molecular weight excluding hydrogens is 397 g/mol. The Labute approximate surface area is 172 Å². The molecule has 1 fully saturated rings. The van der Waals surface area contributed by atoms with E-state index < -0.39 is 17.3 Å². The Balaban J connectivity index is 1.50. The number of benzene rings is 1. The number of hydrazine groups is 2. The van der Waals surface area contributed by atoms with Gasteiger partial charge >= 0.3 is 6.18 Å². The Morgan fingerprint density at radius 1 is 1.20 bits per heavy atom. The number of hydrogen-bond donors (Lipinski definition) is 4. The van der Waals surface area contributed by atoms with Crippen molar-refractivity contribution in [1.82, 2.24) is 31.3 Å². The van der Waals surface area contributed by atoms with Crippen molar-refractivity contribution >= 4 is 0 Å². The molecule has 10 heteroatoms. The second-order valence-electron chi connectivity index (χ2n) is 7.78. The maximum Gasteiger partial charge on any atom is 0.416 e. The Morgan fingerprint density at radius 3 is 2.63 bits per heavy atom. The maximum atomic E-state index is 12.9. The summed E-state index contributed by atoms with van der Waals surface area (Å²) in [5, 5.41) is 16.6. The Bertz CT molecular complexity index is 905. The van der Waals surface area contributed by atoms with Gasteiger partial charge in [-0.3, -0.25) is 15.0 Å². The Morgan fingerprint density at radius 2 is 1.97 bits per heavy atom. The molecule has 0 saturated carbocycles. The second-order valence-corrected chi connectivity index (χ2v) is 7.78. The third-order valence-corrected chi connectivity index (χ3v) is 5.38. The van der Waals surface area contributed by atoms with Crippen molar-refractivity contribution in [3.8, 4) is 0 Å². The largest absolute Gasteiger partial charge is 0.416 e. The highest BCUT2D eigenvalue weighted by Crippen LogP contribution is 2.38. The molecule has 1 aromatic heterocycles. The molecule has 30 heavy (non-hydrogen) atoms. The highest BCUT2D eigenvalue weighted by molar-refractivity contribution is 5.31. The topological polar surface area (TPSA) is 85.3 Å². The lowest BCUT2D eigenvalue weighted by molar-refractivity contribution is -0.137. The van der Waals surface area contributed by atoms with Crippen LogP contribution in [-0.2, 0) is 18.3 Å². The summed E-state index contributed by atoms with van der Waals surface area (Å²) in [6.45, 7) is 2.44. The van der Waals surface area contributed by atoms with Crippen LogP contribution in [0, 0.1) is 0 Å². The Hall–Kier alpha value is -2.69. The summed E-state index contributed by atoms with van der Waals surface area (Å²) in [7, 11) is 0. The molecule has 0 bridgehead atoms. The van der Waals surface area contributed by atoms with Gasteiger partial charge in [0.25, 0.3) is 0 Å². The number of piperidine rings is 1. The summed E-state index contributed by atoms with van der Waals surface area (Å²) in [5.74, 6) is 0. The number of halogens is 3. The van der Waals surface area contributed by atoms with E-state index in [0.29, 0.717) is 24.9 Å². The van der Waals surface area contributed by atoms with E-state index in [2.05, 4.69) is 26.2 Å². The predicted octanol–water partition coefficient (Wildman–Crippen LogP) is 2.19. The number of nitrogens with one attached hydrogen (secondary N) is 3. The summed E-state index contributed by atoms with van der Waals surface area (Å²) < 4.78 is 38.6. The third kappa shape index (κ3) is 4.40. The van der Waals surface area contributed by atoms with Gasteiger partial charge in [0, 0.05) is 31.1 Å². The first-order chi connectivity index (χ1) is 14.2. The van der Waals surface area contributed by atoms with Crippen LogP contribution in [0.5, 0.6) is 0 Å². The van der Waals surface area contributed by atoms with E-state index in [1.807, 2.05) is 18.1 Å². The van der Waals surface area contributed by atoms with Gasteiger partial charge in [-0.2, -0.15) is 13.2 Å². The zero-order valence-electron chi connectivity index (χ0n) is 16.3. The van der Waals surface area contributed by atoms with Crippen LogP contribution in [0.2, 0.25) is 0 Å². The highest BCUT2D eigenvalue weighted by Gasteiger charge is 2.41. The van der Waals surface area contributed by atoms with Crippen molar-refractivity contribution in [1.29, 1.82) is 0 Å². The minimum Gasteiger partial charge on any atom is -0.385 e. The van der Waals surface area contributed by atoms with Crippen molar-refractivity contribution in [3.63, 3.8) is 0 Å². The van der Waals surface area contributed by atoms with Gasteiger partial charge in [-0.05, 0) is 31.0 Å². The van der Waals surface area contributed by atoms with E-state index in [1.54, 1.807) is 18.6 Å². The SMILES string of the molecule is C[C@H]1CC(O)(c2ccc(C(F)(F)F)cc2)C[C@@H](C2=CN(Cc3cnccn3)NN2)N1. The number of aromatic nitrogens is 2. The van der Waals surface area contributed by atoms with Crippen molar-refractivity contribution in [3.05, 3.63) is 71.6 Å². The minimum absolute atomic E-state index is 0.0345. The molecule has 4 rings (SSSR count). The quantitative estimate of drug-likeness (QED) is 0.603. The first kappa shape index (κ1) is 20.6. The molecule has 0 amide bonds. The van der Waals surface area contributed by atoms with E-state index in [1.165, 1.54) is 12.1 Å². The van der Waals surface area contributed by atoms with Crippen LogP contribution in [-0.4, -0.2) is 32.2 Å². The lowest BCUT2D eigenvalue weighted by atomic mass is 9.78. The van der Waals surface area contributed by atoms with Crippen molar-refractivity contribution < 1.29 is 18.3 Å². The molecule has 0 aliphatic carbocycles. The van der Waals surface area contributed by atoms with E-state index in [9.17, 15) is 18.3 Å². The molecule has 3 atom stereocenters. The molecule has 7 nitrogen and oxygen atoms in total. The van der Waals surface area contributed by atoms with Crippen LogP contribution < -0.4 is 16.3 Å². The van der Waals surface area contributed by atoms with Gasteiger partial charge in [-0.1, -0.05) is 12.1 Å². The minimum atomic E-state index is -4.40. The molecule has 2 aliphatic rings. The van der Waals surface area contributed by atoms with E-state index in [0.717, 1.165) is 23.5 Å². The Kier molecular flexibility index (Phi) is 5.39. The normalized spacial score (nSPS) is 27.0. The molecule has 1 unspecified atom stereocenters. The lowest BCUT2D eigenvalue weighted by Gasteiger charge is -2.41. The summed E-state index contributed by atoms with van der Waals surface area (Å²) in [6.07, 6.45) is 3.12. The van der Waals surface area contributed by atoms with Gasteiger partial charge in [-0.15, -0.1) is 5.53 Å². The lowest BCUT2D eigenvalue weighted by Crippen LogP contribution is -2.53. The monoisotopic (exact) mass is 420 g/mol. The molecule has 0 spiro atoms. The van der Waals surface area contributed by atoms with E-state index in [-0.39, 0.29) is 12.1 Å². The van der Waals surface area contributed by atoms with Crippen molar-refractivity contribution in [2.45, 2.75) is 50.2 Å². The van der Waals surface area contributed by atoms with E-state index in [4.69, 9.17) is 0 Å². The predicted molar refractivity (Wildman–Crippen MR) is 103 cm³/mol. The number of alkyl halides is 3.